The Labute approximate surface area is 166 Å². The highest BCUT2D eigenvalue weighted by Crippen LogP contribution is 2.40. The summed E-state index contributed by atoms with van der Waals surface area (Å²) in [5.41, 5.74) is 9.87. The van der Waals surface area contributed by atoms with Crippen molar-refractivity contribution in [2.75, 3.05) is 11.4 Å². The summed E-state index contributed by atoms with van der Waals surface area (Å²) in [7, 11) is 0. The maximum Gasteiger partial charge on any atom is 0.244 e. The molecule has 28 heavy (non-hydrogen) atoms. The van der Waals surface area contributed by atoms with Crippen LogP contribution in [0.15, 0.2) is 48.5 Å². The minimum Gasteiger partial charge on any atom is -0.350 e. The first-order valence-electron chi connectivity index (χ1n) is 9.70. The number of rotatable bonds is 3. The fraction of sp³-hybridized carbons (Fsp3) is 0.391. The fourth-order valence-corrected chi connectivity index (χ4v) is 3.88. The average molecular weight is 380 g/mol. The van der Waals surface area contributed by atoms with E-state index in [0.29, 0.717) is 6.42 Å². The maximum atomic E-state index is 13.2. The first-order valence-corrected chi connectivity index (χ1v) is 9.70. The van der Waals surface area contributed by atoms with Gasteiger partial charge in [-0.3, -0.25) is 9.59 Å². The van der Waals surface area contributed by atoms with Crippen molar-refractivity contribution < 1.29 is 9.59 Å². The number of fused-ring (bicyclic) bond motifs is 1. The molecular weight excluding hydrogens is 350 g/mol. The minimum atomic E-state index is -0.667. The van der Waals surface area contributed by atoms with Crippen LogP contribution in [0.2, 0.25) is 0 Å². The quantitative estimate of drug-likeness (QED) is 0.860. The number of nitrogens with zero attached hydrogens (tertiary/aromatic N) is 1. The van der Waals surface area contributed by atoms with Crippen molar-refractivity contribution in [2.45, 2.75) is 51.6 Å². The van der Waals surface area contributed by atoms with Crippen LogP contribution in [0.3, 0.4) is 0 Å². The molecule has 0 saturated heterocycles. The van der Waals surface area contributed by atoms with Gasteiger partial charge in [0.1, 0.15) is 6.54 Å². The van der Waals surface area contributed by atoms with E-state index in [0.717, 1.165) is 22.4 Å². The summed E-state index contributed by atoms with van der Waals surface area (Å²) in [6, 6.07) is 15.4. The van der Waals surface area contributed by atoms with E-state index in [4.69, 9.17) is 5.73 Å². The van der Waals surface area contributed by atoms with E-state index in [9.17, 15) is 9.59 Å². The summed E-state index contributed by atoms with van der Waals surface area (Å²) in [6.45, 7) is 7.70. The molecule has 0 fully saturated rings. The summed E-state index contributed by atoms with van der Waals surface area (Å²) in [6.07, 6.45) is 0.511. The molecule has 0 aliphatic carbocycles. The number of carbonyl (C=O) groups excluding carboxylic acids is 2. The molecule has 148 valence electrons. The van der Waals surface area contributed by atoms with Gasteiger partial charge in [-0.15, -0.1) is 0 Å². The molecule has 1 heterocycles. The smallest absolute Gasteiger partial charge is 0.244 e. The second-order valence-corrected chi connectivity index (χ2v) is 8.54. The number of benzene rings is 2. The number of aryl methyl sites for hydroxylation is 1. The number of anilines is 1. The Balaban J connectivity index is 2.07. The zero-order chi connectivity index (χ0) is 20.5. The molecule has 3 N–H and O–H groups in total. The molecule has 2 aromatic rings. The van der Waals surface area contributed by atoms with Gasteiger partial charge in [0.25, 0.3) is 0 Å². The predicted molar refractivity (Wildman–Crippen MR) is 112 cm³/mol. The lowest BCUT2D eigenvalue weighted by Crippen LogP contribution is -2.50. The molecule has 0 saturated carbocycles. The highest BCUT2D eigenvalue weighted by molar-refractivity contribution is 6.03. The lowest BCUT2D eigenvalue weighted by Gasteiger charge is -2.28. The number of carbonyl (C=O) groups is 2. The average Bonchev–Trinajstić information content (AvgIpc) is 2.72. The first-order chi connectivity index (χ1) is 13.2. The Kier molecular flexibility index (Phi) is 5.57. The van der Waals surface area contributed by atoms with Gasteiger partial charge in [-0.2, -0.15) is 0 Å². The molecule has 5 nitrogen and oxygen atoms in total. The third-order valence-electron chi connectivity index (χ3n) is 5.01. The number of para-hydroxylation sites is 1. The third kappa shape index (κ3) is 4.25. The standard InChI is InChI=1S/C23H29N3O2/c1-15-9-8-12-17-18(16-10-6-5-7-11-16)13-19(24)22(28)26(21(15)17)14-20(27)25-23(2,3)4/h5-12,18-19H,13-14,24H2,1-4H3,(H,25,27). The van der Waals surface area contributed by atoms with E-state index in [1.165, 1.54) is 0 Å². The number of hydrogen-bond donors (Lipinski definition) is 2. The molecule has 5 heteroatoms. The summed E-state index contributed by atoms with van der Waals surface area (Å²) >= 11 is 0. The third-order valence-corrected chi connectivity index (χ3v) is 5.01. The first kappa shape index (κ1) is 20.1. The van der Waals surface area contributed by atoms with Crippen molar-refractivity contribution in [1.82, 2.24) is 5.32 Å². The summed E-state index contributed by atoms with van der Waals surface area (Å²) in [5.74, 6) is -0.399. The number of nitrogens with two attached hydrogens (primary N) is 1. The van der Waals surface area contributed by atoms with Gasteiger partial charge in [0, 0.05) is 11.5 Å². The molecule has 0 radical (unpaired) electrons. The second-order valence-electron chi connectivity index (χ2n) is 8.54. The zero-order valence-electron chi connectivity index (χ0n) is 17.0. The monoisotopic (exact) mass is 379 g/mol. The molecule has 2 atom stereocenters. The molecule has 2 unspecified atom stereocenters. The van der Waals surface area contributed by atoms with Crippen molar-refractivity contribution in [3.05, 3.63) is 65.2 Å². The largest absolute Gasteiger partial charge is 0.350 e. The van der Waals surface area contributed by atoms with Gasteiger partial charge >= 0.3 is 0 Å². The van der Waals surface area contributed by atoms with Gasteiger partial charge < -0.3 is 16.0 Å². The molecule has 1 aliphatic rings. The van der Waals surface area contributed by atoms with Gasteiger partial charge in [-0.25, -0.2) is 0 Å². The van der Waals surface area contributed by atoms with Crippen molar-refractivity contribution in [3.63, 3.8) is 0 Å². The van der Waals surface area contributed by atoms with Crippen LogP contribution in [0.25, 0.3) is 0 Å². The van der Waals surface area contributed by atoms with Crippen LogP contribution in [-0.4, -0.2) is 29.9 Å². The molecular formula is C23H29N3O2. The fourth-order valence-electron chi connectivity index (χ4n) is 3.88. The Morgan fingerprint density at radius 1 is 1.14 bits per heavy atom. The van der Waals surface area contributed by atoms with Crippen LogP contribution in [0.1, 0.15) is 49.8 Å². The van der Waals surface area contributed by atoms with Gasteiger partial charge in [-0.1, -0.05) is 48.5 Å². The molecule has 0 spiro atoms. The van der Waals surface area contributed by atoms with Crippen LogP contribution >= 0.6 is 0 Å². The Bertz CT molecular complexity index is 871. The van der Waals surface area contributed by atoms with Crippen molar-refractivity contribution >= 4 is 17.5 Å². The summed E-state index contributed by atoms with van der Waals surface area (Å²) in [4.78, 5) is 27.3. The van der Waals surface area contributed by atoms with Gasteiger partial charge in [0.15, 0.2) is 0 Å². The van der Waals surface area contributed by atoms with E-state index >= 15 is 0 Å². The number of nitrogens with one attached hydrogen (secondary N) is 1. The van der Waals surface area contributed by atoms with Gasteiger partial charge in [0.2, 0.25) is 11.8 Å². The van der Waals surface area contributed by atoms with E-state index in [2.05, 4.69) is 17.4 Å². The van der Waals surface area contributed by atoms with Crippen LogP contribution in [0.5, 0.6) is 0 Å². The summed E-state index contributed by atoms with van der Waals surface area (Å²) in [5, 5.41) is 2.94. The van der Waals surface area contributed by atoms with Gasteiger partial charge in [-0.05, 0) is 50.8 Å². The topological polar surface area (TPSA) is 75.4 Å². The molecule has 0 aromatic heterocycles. The van der Waals surface area contributed by atoms with E-state index in [1.54, 1.807) is 4.90 Å². The Morgan fingerprint density at radius 2 is 1.82 bits per heavy atom. The molecule has 1 aliphatic heterocycles. The van der Waals surface area contributed by atoms with Crippen molar-refractivity contribution in [1.29, 1.82) is 0 Å². The van der Waals surface area contributed by atoms with Crippen LogP contribution in [0.4, 0.5) is 5.69 Å². The lowest BCUT2D eigenvalue weighted by atomic mass is 9.85. The van der Waals surface area contributed by atoms with Crippen LogP contribution in [0, 0.1) is 6.92 Å². The van der Waals surface area contributed by atoms with E-state index in [1.807, 2.05) is 64.1 Å². The van der Waals surface area contributed by atoms with E-state index in [-0.39, 0.29) is 29.8 Å². The number of amides is 2. The maximum absolute atomic E-state index is 13.2. The Hall–Kier alpha value is -2.66. The van der Waals surface area contributed by atoms with Crippen LogP contribution in [-0.2, 0) is 9.59 Å². The SMILES string of the molecule is Cc1cccc2c1N(CC(=O)NC(C)(C)C)C(=O)C(N)CC2c1ccccc1. The molecule has 0 bridgehead atoms. The van der Waals surface area contributed by atoms with Crippen molar-refractivity contribution in [3.8, 4) is 0 Å². The highest BCUT2D eigenvalue weighted by Gasteiger charge is 2.35. The zero-order valence-corrected chi connectivity index (χ0v) is 17.0. The van der Waals surface area contributed by atoms with Gasteiger partial charge in [0.05, 0.1) is 11.7 Å². The highest BCUT2D eigenvalue weighted by atomic mass is 16.2. The number of hydrogen-bond acceptors (Lipinski definition) is 3. The normalized spacial score (nSPS) is 19.8. The minimum absolute atomic E-state index is 0.00530. The molecule has 2 amide bonds. The lowest BCUT2D eigenvalue weighted by molar-refractivity contribution is -0.125. The molecule has 3 rings (SSSR count). The van der Waals surface area contributed by atoms with E-state index < -0.39 is 6.04 Å². The van der Waals surface area contributed by atoms with Crippen molar-refractivity contribution in [2.24, 2.45) is 5.73 Å². The molecule has 2 aromatic carbocycles. The Morgan fingerprint density at radius 3 is 2.46 bits per heavy atom. The second kappa shape index (κ2) is 7.76. The van der Waals surface area contributed by atoms with Crippen LogP contribution < -0.4 is 16.0 Å². The summed E-state index contributed by atoms with van der Waals surface area (Å²) < 4.78 is 0. The predicted octanol–water partition coefficient (Wildman–Crippen LogP) is 3.11.